The minimum atomic E-state index is 0.288. The maximum Gasteiger partial charge on any atom is 0.240 e. The van der Waals surface area contributed by atoms with Crippen LogP contribution in [0.15, 0.2) is 24.4 Å². The summed E-state index contributed by atoms with van der Waals surface area (Å²) in [6.07, 6.45) is 10.9. The lowest BCUT2D eigenvalue weighted by molar-refractivity contribution is 0.313. The number of aromatic nitrogens is 5. The molecule has 0 unspecified atom stereocenters. The Hall–Kier alpha value is -2.57. The van der Waals surface area contributed by atoms with Crippen molar-refractivity contribution < 1.29 is 0 Å². The van der Waals surface area contributed by atoms with E-state index >= 15 is 0 Å². The number of fused-ring (bicyclic) bond motifs is 1. The van der Waals surface area contributed by atoms with Crippen molar-refractivity contribution >= 4 is 23.1 Å². The molecule has 0 amide bonds. The van der Waals surface area contributed by atoms with Crippen LogP contribution in [0.4, 0.5) is 17.6 Å². The first-order chi connectivity index (χ1) is 13.2. The van der Waals surface area contributed by atoms with Crippen molar-refractivity contribution in [3.8, 4) is 0 Å². The minimum Gasteiger partial charge on any atom is -0.366 e. The molecule has 0 spiro atoms. The molecule has 3 heterocycles. The maximum atomic E-state index is 6.05. The van der Waals surface area contributed by atoms with E-state index in [1.807, 2.05) is 22.8 Å². The molecule has 2 saturated carbocycles. The van der Waals surface area contributed by atoms with Gasteiger partial charge in [-0.1, -0.05) is 19.3 Å². The van der Waals surface area contributed by atoms with E-state index in [-0.39, 0.29) is 5.95 Å². The molecule has 0 bridgehead atoms. The number of hydrogen-bond donors (Lipinski definition) is 2. The van der Waals surface area contributed by atoms with E-state index in [4.69, 9.17) is 5.73 Å². The van der Waals surface area contributed by atoms with Crippen molar-refractivity contribution in [3.05, 3.63) is 30.1 Å². The Labute approximate surface area is 159 Å². The van der Waals surface area contributed by atoms with Gasteiger partial charge in [-0.15, -0.1) is 5.10 Å². The summed E-state index contributed by atoms with van der Waals surface area (Å²) in [4.78, 5) is 6.97. The normalized spacial score (nSPS) is 19.4. The lowest BCUT2D eigenvalue weighted by atomic mass is 9.84. The Morgan fingerprint density at radius 2 is 2.04 bits per heavy atom. The second-order valence-corrected chi connectivity index (χ2v) is 8.09. The lowest BCUT2D eigenvalue weighted by Gasteiger charge is -2.36. The highest BCUT2D eigenvalue weighted by Crippen LogP contribution is 2.42. The molecular weight excluding hydrogens is 338 g/mol. The van der Waals surface area contributed by atoms with E-state index in [1.165, 1.54) is 50.6 Å². The summed E-state index contributed by atoms with van der Waals surface area (Å²) in [5.41, 5.74) is 8.18. The number of nitrogens with zero attached hydrogens (tertiary/aromatic N) is 5. The largest absolute Gasteiger partial charge is 0.366 e. The summed E-state index contributed by atoms with van der Waals surface area (Å²) in [5.74, 6) is 3.41. The summed E-state index contributed by atoms with van der Waals surface area (Å²) in [6.45, 7) is 2.31. The second kappa shape index (κ2) is 6.55. The van der Waals surface area contributed by atoms with Crippen molar-refractivity contribution in [3.63, 3.8) is 0 Å². The Morgan fingerprint density at radius 3 is 2.81 bits per heavy atom. The minimum absolute atomic E-state index is 0.288. The fourth-order valence-electron chi connectivity index (χ4n) is 4.50. The molecule has 3 aromatic rings. The molecular formula is C20H27N7. The van der Waals surface area contributed by atoms with Gasteiger partial charge in [0.2, 0.25) is 5.95 Å². The van der Waals surface area contributed by atoms with Gasteiger partial charge in [0.15, 0.2) is 5.82 Å². The summed E-state index contributed by atoms with van der Waals surface area (Å²) in [5, 5.41) is 12.2. The van der Waals surface area contributed by atoms with Crippen molar-refractivity contribution in [2.45, 2.75) is 63.8 Å². The molecule has 27 heavy (non-hydrogen) atoms. The van der Waals surface area contributed by atoms with Crippen molar-refractivity contribution in [1.29, 1.82) is 0 Å². The smallest absolute Gasteiger partial charge is 0.240 e. The molecule has 142 valence electrons. The highest BCUT2D eigenvalue weighted by Gasteiger charge is 2.32. The number of nitrogen functional groups attached to an aromatic ring is 1. The summed E-state index contributed by atoms with van der Waals surface area (Å²) in [7, 11) is 0. The number of nitrogens with one attached hydrogen (secondary N) is 1. The van der Waals surface area contributed by atoms with Gasteiger partial charge in [-0.2, -0.15) is 10.1 Å². The zero-order valence-electron chi connectivity index (χ0n) is 15.8. The van der Waals surface area contributed by atoms with Gasteiger partial charge in [0, 0.05) is 24.2 Å². The van der Waals surface area contributed by atoms with Gasteiger partial charge in [-0.25, -0.2) is 4.52 Å². The van der Waals surface area contributed by atoms with E-state index in [0.717, 1.165) is 17.2 Å². The van der Waals surface area contributed by atoms with Crippen LogP contribution in [0.5, 0.6) is 0 Å². The van der Waals surface area contributed by atoms with Crippen LogP contribution in [0.1, 0.15) is 63.5 Å². The molecule has 3 N–H and O–H groups in total. The Kier molecular flexibility index (Phi) is 4.02. The molecule has 7 heteroatoms. The van der Waals surface area contributed by atoms with Gasteiger partial charge < -0.3 is 10.6 Å². The Morgan fingerprint density at radius 1 is 1.22 bits per heavy atom. The summed E-state index contributed by atoms with van der Waals surface area (Å²) >= 11 is 0. The molecule has 0 aromatic carbocycles. The Bertz CT molecular complexity index is 933. The van der Waals surface area contributed by atoms with Gasteiger partial charge in [-0.05, 0) is 50.7 Å². The van der Waals surface area contributed by atoms with Crippen molar-refractivity contribution in [2.75, 3.05) is 10.6 Å². The molecule has 5 rings (SSSR count). The average Bonchev–Trinajstić information content (AvgIpc) is 3.23. The van der Waals surface area contributed by atoms with Crippen LogP contribution >= 0.6 is 0 Å². The van der Waals surface area contributed by atoms with E-state index in [1.54, 1.807) is 0 Å². The standard InChI is InChI=1S/C20H27N7/c1-13(14-6-3-2-4-7-14)27(18-12-16(23-24-18)15-9-10-15)19-17-8-5-11-26(17)25-20(21)22-19/h5,8,11-15H,2-4,6-7,9-10H2,1H3,(H2,21,25)(H,23,24)/t13-/m0/s1. The zero-order valence-corrected chi connectivity index (χ0v) is 15.8. The van der Waals surface area contributed by atoms with Gasteiger partial charge in [0.1, 0.15) is 11.3 Å². The fraction of sp³-hybridized carbons (Fsp3) is 0.550. The zero-order chi connectivity index (χ0) is 18.4. The maximum absolute atomic E-state index is 6.05. The van der Waals surface area contributed by atoms with Crippen molar-refractivity contribution in [1.82, 2.24) is 24.8 Å². The Balaban J connectivity index is 1.60. The van der Waals surface area contributed by atoms with Gasteiger partial charge in [0.25, 0.3) is 0 Å². The molecule has 0 saturated heterocycles. The van der Waals surface area contributed by atoms with Crippen LogP contribution in [-0.4, -0.2) is 30.8 Å². The van der Waals surface area contributed by atoms with Crippen LogP contribution in [0.25, 0.3) is 5.52 Å². The SMILES string of the molecule is C[C@@H](C1CCCCC1)N(c1cc(C2CC2)n[nH]1)c1nc(N)nn2cccc12. The predicted molar refractivity (Wildman–Crippen MR) is 106 cm³/mol. The highest BCUT2D eigenvalue weighted by atomic mass is 15.4. The van der Waals surface area contributed by atoms with Crippen LogP contribution in [0.3, 0.4) is 0 Å². The van der Waals surface area contributed by atoms with Crippen LogP contribution < -0.4 is 10.6 Å². The molecule has 0 radical (unpaired) electrons. The predicted octanol–water partition coefficient (Wildman–Crippen LogP) is 4.02. The monoisotopic (exact) mass is 365 g/mol. The molecule has 7 nitrogen and oxygen atoms in total. The van der Waals surface area contributed by atoms with Gasteiger partial charge in [-0.3, -0.25) is 5.10 Å². The van der Waals surface area contributed by atoms with Gasteiger partial charge >= 0.3 is 0 Å². The molecule has 3 aromatic heterocycles. The van der Waals surface area contributed by atoms with E-state index in [0.29, 0.717) is 17.9 Å². The first kappa shape index (κ1) is 16.6. The molecule has 2 aliphatic carbocycles. The first-order valence-corrected chi connectivity index (χ1v) is 10.2. The number of rotatable bonds is 5. The first-order valence-electron chi connectivity index (χ1n) is 10.2. The van der Waals surface area contributed by atoms with Crippen LogP contribution in [0, 0.1) is 5.92 Å². The number of hydrogen-bond acceptors (Lipinski definition) is 5. The van der Waals surface area contributed by atoms with Crippen LogP contribution in [0.2, 0.25) is 0 Å². The number of nitrogens with two attached hydrogens (primary N) is 1. The molecule has 0 aliphatic heterocycles. The van der Waals surface area contributed by atoms with E-state index < -0.39 is 0 Å². The van der Waals surface area contributed by atoms with Crippen LogP contribution in [-0.2, 0) is 0 Å². The topological polar surface area (TPSA) is 88.1 Å². The average molecular weight is 365 g/mol. The molecule has 1 atom stereocenters. The number of aromatic amines is 1. The summed E-state index contributed by atoms with van der Waals surface area (Å²) in [6, 6.07) is 6.55. The molecule has 2 aliphatic rings. The third-order valence-electron chi connectivity index (χ3n) is 6.19. The van der Waals surface area contributed by atoms with E-state index in [2.05, 4.69) is 38.2 Å². The molecule has 2 fully saturated rings. The van der Waals surface area contributed by atoms with Crippen molar-refractivity contribution in [2.24, 2.45) is 5.92 Å². The van der Waals surface area contributed by atoms with Gasteiger partial charge in [0.05, 0.1) is 5.69 Å². The lowest BCUT2D eigenvalue weighted by Crippen LogP contribution is -2.37. The second-order valence-electron chi connectivity index (χ2n) is 8.09. The van der Waals surface area contributed by atoms with E-state index in [9.17, 15) is 0 Å². The third-order valence-corrected chi connectivity index (χ3v) is 6.19. The number of anilines is 3. The summed E-state index contributed by atoms with van der Waals surface area (Å²) < 4.78 is 1.82. The third kappa shape index (κ3) is 3.05. The quantitative estimate of drug-likeness (QED) is 0.713. The fourth-order valence-corrected chi connectivity index (χ4v) is 4.50. The number of H-pyrrole nitrogens is 1. The highest BCUT2D eigenvalue weighted by molar-refractivity contribution is 5.75.